The lowest BCUT2D eigenvalue weighted by Gasteiger charge is -2.37. The number of rotatable bonds is 8. The van der Waals surface area contributed by atoms with E-state index in [1.807, 2.05) is 42.2 Å². The van der Waals surface area contributed by atoms with E-state index in [1.165, 1.54) is 0 Å². The normalized spacial score (nSPS) is 14.7. The summed E-state index contributed by atoms with van der Waals surface area (Å²) in [4.78, 5) is 15.0. The second-order valence-electron chi connectivity index (χ2n) is 9.44. The fourth-order valence-electron chi connectivity index (χ4n) is 2.96. The average molecular weight is 378 g/mol. The second-order valence-corrected chi connectivity index (χ2v) is 20.4. The van der Waals surface area contributed by atoms with Crippen LogP contribution in [0, 0.1) is 0 Å². The standard InChI is InChI=1S/C20H35NO2Si2/c1-16(14-24(3,4)5)19(22)17(2)21(15-25(6,7)8)20(23)18-12-10-9-11-13-18/h9-13,17,19,22H,1,14-15H2,2-8H3/t17-,19+/m0/s1. The van der Waals surface area contributed by atoms with Gasteiger partial charge in [0.05, 0.1) is 20.2 Å². The Labute approximate surface area is 155 Å². The molecule has 1 aromatic rings. The maximum atomic E-state index is 13.1. The van der Waals surface area contributed by atoms with Crippen LogP contribution in [0.15, 0.2) is 42.5 Å². The first-order chi connectivity index (χ1) is 11.3. The van der Waals surface area contributed by atoms with Gasteiger partial charge in [-0.1, -0.05) is 64.1 Å². The number of aliphatic hydroxyl groups excluding tert-OH is 1. The third-order valence-corrected chi connectivity index (χ3v) is 6.85. The van der Waals surface area contributed by atoms with E-state index in [-0.39, 0.29) is 11.9 Å². The molecule has 0 radical (unpaired) electrons. The highest BCUT2D eigenvalue weighted by molar-refractivity contribution is 6.77. The zero-order valence-corrected chi connectivity index (χ0v) is 19.0. The highest BCUT2D eigenvalue weighted by Gasteiger charge is 2.32. The van der Waals surface area contributed by atoms with Gasteiger partial charge < -0.3 is 10.0 Å². The molecular formula is C20H35NO2Si2. The summed E-state index contributed by atoms with van der Waals surface area (Å²) in [6.45, 7) is 19.6. The zero-order chi connectivity index (χ0) is 19.4. The zero-order valence-electron chi connectivity index (χ0n) is 17.0. The molecule has 1 rings (SSSR count). The van der Waals surface area contributed by atoms with E-state index in [9.17, 15) is 9.90 Å². The Bertz CT molecular complexity index is 588. The third kappa shape index (κ3) is 7.30. The van der Waals surface area contributed by atoms with Gasteiger partial charge in [-0.25, -0.2) is 0 Å². The van der Waals surface area contributed by atoms with Crippen LogP contribution in [0.25, 0.3) is 0 Å². The highest BCUT2D eigenvalue weighted by Crippen LogP contribution is 2.23. The van der Waals surface area contributed by atoms with Crippen molar-refractivity contribution < 1.29 is 9.90 Å². The number of carbonyl (C=O) groups excluding carboxylic acids is 1. The Morgan fingerprint density at radius 2 is 1.60 bits per heavy atom. The van der Waals surface area contributed by atoms with Gasteiger partial charge in [0.25, 0.3) is 5.91 Å². The number of benzene rings is 1. The Morgan fingerprint density at radius 1 is 1.08 bits per heavy atom. The van der Waals surface area contributed by atoms with E-state index in [2.05, 4.69) is 45.9 Å². The Hall–Kier alpha value is -1.18. The molecular weight excluding hydrogens is 342 g/mol. The predicted octanol–water partition coefficient (Wildman–Crippen LogP) is 4.65. The van der Waals surface area contributed by atoms with Crippen LogP contribution in [0.4, 0.5) is 0 Å². The van der Waals surface area contributed by atoms with Crippen LogP contribution in [0.2, 0.25) is 45.3 Å². The molecule has 0 saturated heterocycles. The molecule has 0 heterocycles. The predicted molar refractivity (Wildman–Crippen MR) is 114 cm³/mol. The molecule has 0 bridgehead atoms. The largest absolute Gasteiger partial charge is 0.387 e. The number of hydrogen-bond acceptors (Lipinski definition) is 2. The molecule has 140 valence electrons. The first kappa shape index (κ1) is 21.9. The van der Waals surface area contributed by atoms with Crippen molar-refractivity contribution >= 4 is 22.1 Å². The van der Waals surface area contributed by atoms with Gasteiger partial charge >= 0.3 is 0 Å². The Morgan fingerprint density at radius 3 is 2.04 bits per heavy atom. The molecule has 1 N–H and O–H groups in total. The summed E-state index contributed by atoms with van der Waals surface area (Å²) in [7, 11) is -2.89. The van der Waals surface area contributed by atoms with Crippen LogP contribution in [0.1, 0.15) is 17.3 Å². The van der Waals surface area contributed by atoms with Crippen LogP contribution in [-0.2, 0) is 0 Å². The molecule has 3 nitrogen and oxygen atoms in total. The van der Waals surface area contributed by atoms with Gasteiger partial charge in [0.15, 0.2) is 0 Å². The quantitative estimate of drug-likeness (QED) is 0.529. The molecule has 0 unspecified atom stereocenters. The SMILES string of the molecule is C=C(C[Si](C)(C)C)[C@@H](O)[C@H](C)N(C[Si](C)(C)C)C(=O)c1ccccc1. The summed E-state index contributed by atoms with van der Waals surface area (Å²) in [6, 6.07) is 9.96. The van der Waals surface area contributed by atoms with Crippen LogP contribution in [-0.4, -0.2) is 50.4 Å². The van der Waals surface area contributed by atoms with Gasteiger partial charge in [0.2, 0.25) is 0 Å². The summed E-state index contributed by atoms with van der Waals surface area (Å²) in [5.41, 5.74) is 1.53. The lowest BCUT2D eigenvalue weighted by Crippen LogP contribution is -2.52. The van der Waals surface area contributed by atoms with Crippen molar-refractivity contribution in [2.75, 3.05) is 6.17 Å². The minimum absolute atomic E-state index is 0.00428. The van der Waals surface area contributed by atoms with Gasteiger partial charge in [-0.05, 0) is 30.7 Å². The summed E-state index contributed by atoms with van der Waals surface area (Å²) in [6.07, 6.45) is 0.0369. The van der Waals surface area contributed by atoms with Crippen molar-refractivity contribution in [3.63, 3.8) is 0 Å². The van der Waals surface area contributed by atoms with Crippen molar-refractivity contribution in [1.29, 1.82) is 0 Å². The summed E-state index contributed by atoms with van der Waals surface area (Å²) < 4.78 is 0. The number of carbonyl (C=O) groups is 1. The van der Waals surface area contributed by atoms with Gasteiger partial charge in [-0.15, -0.1) is 0 Å². The molecule has 0 saturated carbocycles. The van der Waals surface area contributed by atoms with E-state index in [1.54, 1.807) is 0 Å². The molecule has 0 aliphatic rings. The fraction of sp³-hybridized carbons (Fsp3) is 0.550. The van der Waals surface area contributed by atoms with E-state index < -0.39 is 22.3 Å². The number of nitrogens with zero attached hydrogens (tertiary/aromatic N) is 1. The van der Waals surface area contributed by atoms with E-state index in [4.69, 9.17) is 0 Å². The summed E-state index contributed by atoms with van der Waals surface area (Å²) in [5.74, 6) is -0.00428. The van der Waals surface area contributed by atoms with Crippen LogP contribution < -0.4 is 0 Å². The number of hydrogen-bond donors (Lipinski definition) is 1. The molecule has 1 aromatic carbocycles. The van der Waals surface area contributed by atoms with Gasteiger partial charge in [-0.3, -0.25) is 4.79 Å². The topological polar surface area (TPSA) is 40.5 Å². The second kappa shape index (κ2) is 8.47. The molecule has 0 aliphatic heterocycles. The van der Waals surface area contributed by atoms with Gasteiger partial charge in [-0.2, -0.15) is 0 Å². The van der Waals surface area contributed by atoms with Crippen molar-refractivity contribution in [2.24, 2.45) is 0 Å². The third-order valence-electron chi connectivity index (χ3n) is 4.05. The minimum Gasteiger partial charge on any atom is -0.387 e. The lowest BCUT2D eigenvalue weighted by molar-refractivity contribution is 0.0545. The van der Waals surface area contributed by atoms with E-state index >= 15 is 0 Å². The Balaban J connectivity index is 3.06. The Kier molecular flexibility index (Phi) is 7.41. The first-order valence-electron chi connectivity index (χ1n) is 9.03. The molecule has 0 spiro atoms. The molecule has 2 atom stereocenters. The average Bonchev–Trinajstić information content (AvgIpc) is 2.49. The monoisotopic (exact) mass is 377 g/mol. The van der Waals surface area contributed by atoms with E-state index in [0.717, 1.165) is 17.8 Å². The van der Waals surface area contributed by atoms with Crippen molar-refractivity contribution in [3.8, 4) is 0 Å². The minimum atomic E-state index is -1.53. The molecule has 0 aromatic heterocycles. The van der Waals surface area contributed by atoms with Crippen molar-refractivity contribution in [3.05, 3.63) is 48.0 Å². The smallest absolute Gasteiger partial charge is 0.253 e. The molecule has 0 aliphatic carbocycles. The van der Waals surface area contributed by atoms with Crippen LogP contribution in [0.3, 0.4) is 0 Å². The number of amides is 1. The van der Waals surface area contributed by atoms with Gasteiger partial charge in [0.1, 0.15) is 0 Å². The molecule has 1 amide bonds. The van der Waals surface area contributed by atoms with Gasteiger partial charge in [0, 0.05) is 19.8 Å². The first-order valence-corrected chi connectivity index (χ1v) is 16.4. The molecule has 0 fully saturated rings. The van der Waals surface area contributed by atoms with Crippen molar-refractivity contribution in [1.82, 2.24) is 4.90 Å². The maximum absolute atomic E-state index is 13.1. The summed E-state index contributed by atoms with van der Waals surface area (Å²) >= 11 is 0. The number of aliphatic hydroxyl groups is 1. The molecule has 5 heteroatoms. The van der Waals surface area contributed by atoms with Crippen LogP contribution >= 0.6 is 0 Å². The maximum Gasteiger partial charge on any atom is 0.253 e. The summed E-state index contributed by atoms with van der Waals surface area (Å²) in [5, 5.41) is 10.9. The van der Waals surface area contributed by atoms with E-state index in [0.29, 0.717) is 5.56 Å². The lowest BCUT2D eigenvalue weighted by atomic mass is 10.0. The molecule has 25 heavy (non-hydrogen) atoms. The van der Waals surface area contributed by atoms with Crippen molar-refractivity contribution in [2.45, 2.75) is 64.4 Å². The highest BCUT2D eigenvalue weighted by atomic mass is 28.3. The fourth-order valence-corrected chi connectivity index (χ4v) is 5.98. The van der Waals surface area contributed by atoms with Crippen LogP contribution in [0.5, 0.6) is 0 Å².